The Morgan fingerprint density at radius 2 is 1.62 bits per heavy atom. The molecule has 21 heavy (non-hydrogen) atoms. The fourth-order valence-corrected chi connectivity index (χ4v) is 1.79. The van der Waals surface area contributed by atoms with Crippen molar-refractivity contribution in [2.24, 2.45) is 0 Å². The molecule has 120 valence electrons. The molecule has 1 nitrogen and oxygen atoms in total. The zero-order valence-corrected chi connectivity index (χ0v) is 11.3. The first-order valence-electron chi connectivity index (χ1n) is 6.15. The molecular formula is C13H14F7N. The van der Waals surface area contributed by atoms with Crippen LogP contribution in [-0.2, 0) is 0 Å². The zero-order valence-electron chi connectivity index (χ0n) is 11.3. The number of hydrogen-bond donors (Lipinski definition) is 1. The van der Waals surface area contributed by atoms with E-state index in [1.165, 1.54) is 0 Å². The largest absolute Gasteiger partial charge is 0.455 e. The molecule has 8 heteroatoms. The molecule has 0 saturated carbocycles. The fourth-order valence-electron chi connectivity index (χ4n) is 1.79. The summed E-state index contributed by atoms with van der Waals surface area (Å²) < 4.78 is 91.5. The predicted octanol–water partition coefficient (Wildman–Crippen LogP) is 4.51. The van der Waals surface area contributed by atoms with Gasteiger partial charge in [0.05, 0.1) is 0 Å². The second-order valence-electron chi connectivity index (χ2n) is 4.63. The molecular weight excluding hydrogens is 303 g/mol. The van der Waals surface area contributed by atoms with Gasteiger partial charge >= 0.3 is 12.1 Å². The van der Waals surface area contributed by atoms with E-state index in [1.807, 2.05) is 5.32 Å². The number of benzene rings is 1. The van der Waals surface area contributed by atoms with Gasteiger partial charge in [0.1, 0.15) is 17.7 Å². The Hall–Kier alpha value is -1.31. The highest BCUT2D eigenvalue weighted by molar-refractivity contribution is 5.30. The molecule has 0 saturated heterocycles. The molecule has 0 amide bonds. The van der Waals surface area contributed by atoms with E-state index in [9.17, 15) is 30.7 Å². The van der Waals surface area contributed by atoms with Crippen molar-refractivity contribution in [3.05, 3.63) is 34.9 Å². The van der Waals surface area contributed by atoms with Gasteiger partial charge in [0, 0.05) is 11.6 Å². The zero-order chi connectivity index (χ0) is 16.4. The fraction of sp³-hybridized carbons (Fsp3) is 0.538. The van der Waals surface area contributed by atoms with Crippen molar-refractivity contribution in [3.63, 3.8) is 0 Å². The molecule has 1 rings (SSSR count). The molecule has 0 aliphatic rings. The van der Waals surface area contributed by atoms with E-state index >= 15 is 0 Å². The SMILES string of the molecule is CCCNC(c1cc(C)c(F)cc1F)C(F)(F)C(F)(F)F. The minimum Gasteiger partial charge on any atom is -0.305 e. The minimum atomic E-state index is -5.85. The van der Waals surface area contributed by atoms with Crippen LogP contribution < -0.4 is 5.32 Å². The Morgan fingerprint density at radius 3 is 2.10 bits per heavy atom. The predicted molar refractivity (Wildman–Crippen MR) is 63.1 cm³/mol. The summed E-state index contributed by atoms with van der Waals surface area (Å²) in [5.74, 6) is -7.65. The van der Waals surface area contributed by atoms with Crippen LogP contribution in [0.2, 0.25) is 0 Å². The Kier molecular flexibility index (Phi) is 5.25. The second kappa shape index (κ2) is 6.21. The van der Waals surface area contributed by atoms with Gasteiger partial charge in [0.15, 0.2) is 0 Å². The highest BCUT2D eigenvalue weighted by Crippen LogP contribution is 2.45. The summed E-state index contributed by atoms with van der Waals surface area (Å²) >= 11 is 0. The van der Waals surface area contributed by atoms with E-state index in [-0.39, 0.29) is 18.5 Å². The smallest absolute Gasteiger partial charge is 0.305 e. The van der Waals surface area contributed by atoms with Crippen molar-refractivity contribution in [2.45, 2.75) is 38.4 Å². The van der Waals surface area contributed by atoms with Gasteiger partial charge in [0.25, 0.3) is 0 Å². The topological polar surface area (TPSA) is 12.0 Å². The van der Waals surface area contributed by atoms with Crippen LogP contribution in [0.5, 0.6) is 0 Å². The lowest BCUT2D eigenvalue weighted by Crippen LogP contribution is -2.48. The summed E-state index contributed by atoms with van der Waals surface area (Å²) in [6.07, 6.45) is -5.58. The maximum absolute atomic E-state index is 13.6. The van der Waals surface area contributed by atoms with E-state index in [0.717, 1.165) is 6.92 Å². The lowest BCUT2D eigenvalue weighted by molar-refractivity contribution is -0.294. The van der Waals surface area contributed by atoms with Crippen LogP contribution in [-0.4, -0.2) is 18.6 Å². The van der Waals surface area contributed by atoms with Gasteiger partial charge in [-0.25, -0.2) is 8.78 Å². The number of nitrogens with one attached hydrogen (secondary N) is 1. The first-order chi connectivity index (χ1) is 9.52. The van der Waals surface area contributed by atoms with E-state index in [1.54, 1.807) is 6.92 Å². The average molecular weight is 317 g/mol. The van der Waals surface area contributed by atoms with Gasteiger partial charge in [-0.3, -0.25) is 0 Å². The Balaban J connectivity index is 3.36. The average Bonchev–Trinajstić information content (AvgIpc) is 2.34. The van der Waals surface area contributed by atoms with E-state index < -0.39 is 35.3 Å². The number of hydrogen-bond acceptors (Lipinski definition) is 1. The summed E-state index contributed by atoms with van der Waals surface area (Å²) in [5.41, 5.74) is -1.13. The van der Waals surface area contributed by atoms with Crippen LogP contribution in [0.4, 0.5) is 30.7 Å². The van der Waals surface area contributed by atoms with Crippen molar-refractivity contribution in [2.75, 3.05) is 6.54 Å². The molecule has 1 aromatic rings. The van der Waals surface area contributed by atoms with Gasteiger partial charge in [0.2, 0.25) is 0 Å². The molecule has 0 heterocycles. The molecule has 0 bridgehead atoms. The van der Waals surface area contributed by atoms with E-state index in [0.29, 0.717) is 12.1 Å². The number of rotatable bonds is 5. The lowest BCUT2D eigenvalue weighted by atomic mass is 9.97. The second-order valence-corrected chi connectivity index (χ2v) is 4.63. The standard InChI is InChI=1S/C13H14F7N/c1-3-4-21-11(12(16,17)13(18,19)20)8-5-7(2)9(14)6-10(8)15/h5-6,11,21H,3-4H2,1-2H3. The van der Waals surface area contributed by atoms with E-state index in [4.69, 9.17) is 0 Å². The minimum absolute atomic E-state index is 0.174. The van der Waals surface area contributed by atoms with Crippen molar-refractivity contribution < 1.29 is 30.7 Å². The highest BCUT2D eigenvalue weighted by atomic mass is 19.4. The highest BCUT2D eigenvalue weighted by Gasteiger charge is 2.63. The first-order valence-corrected chi connectivity index (χ1v) is 6.15. The Morgan fingerprint density at radius 1 is 1.05 bits per heavy atom. The molecule has 0 radical (unpaired) electrons. The Labute approximate surface area is 117 Å². The van der Waals surface area contributed by atoms with Gasteiger partial charge < -0.3 is 5.32 Å². The molecule has 0 aromatic heterocycles. The van der Waals surface area contributed by atoms with Gasteiger partial charge in [-0.2, -0.15) is 22.0 Å². The normalized spacial score (nSPS) is 14.3. The molecule has 0 fully saturated rings. The third-order valence-electron chi connectivity index (χ3n) is 2.93. The van der Waals surface area contributed by atoms with E-state index in [2.05, 4.69) is 0 Å². The summed E-state index contributed by atoms with van der Waals surface area (Å²) in [4.78, 5) is 0. The summed E-state index contributed by atoms with van der Waals surface area (Å²) in [5, 5.41) is 1.99. The Bertz CT molecular complexity index is 496. The van der Waals surface area contributed by atoms with Crippen molar-refractivity contribution in [3.8, 4) is 0 Å². The number of aryl methyl sites for hydroxylation is 1. The number of alkyl halides is 5. The number of halogens is 7. The first kappa shape index (κ1) is 17.7. The molecule has 1 aromatic carbocycles. The maximum atomic E-state index is 13.6. The summed E-state index contributed by atoms with van der Waals surface area (Å²) in [7, 11) is 0. The molecule has 0 aliphatic carbocycles. The van der Waals surface area contributed by atoms with Gasteiger partial charge in [-0.1, -0.05) is 6.92 Å². The maximum Gasteiger partial charge on any atom is 0.455 e. The van der Waals surface area contributed by atoms with Crippen LogP contribution in [0, 0.1) is 18.6 Å². The van der Waals surface area contributed by atoms with Gasteiger partial charge in [-0.15, -0.1) is 0 Å². The van der Waals surface area contributed by atoms with Crippen molar-refractivity contribution in [1.82, 2.24) is 5.32 Å². The summed E-state index contributed by atoms with van der Waals surface area (Å²) in [6, 6.07) is -1.65. The van der Waals surface area contributed by atoms with Crippen LogP contribution in [0.3, 0.4) is 0 Å². The molecule has 1 atom stereocenters. The van der Waals surface area contributed by atoms with Crippen molar-refractivity contribution >= 4 is 0 Å². The lowest BCUT2D eigenvalue weighted by Gasteiger charge is -2.30. The monoisotopic (exact) mass is 317 g/mol. The molecule has 0 spiro atoms. The van der Waals surface area contributed by atoms with Crippen LogP contribution >= 0.6 is 0 Å². The van der Waals surface area contributed by atoms with Crippen LogP contribution in [0.1, 0.15) is 30.5 Å². The third kappa shape index (κ3) is 3.66. The molecule has 1 N–H and O–H groups in total. The molecule has 0 aliphatic heterocycles. The summed E-state index contributed by atoms with van der Waals surface area (Å²) in [6.45, 7) is 2.54. The third-order valence-corrected chi connectivity index (χ3v) is 2.93. The van der Waals surface area contributed by atoms with Gasteiger partial charge in [-0.05, 0) is 31.5 Å². The molecule has 1 unspecified atom stereocenters. The van der Waals surface area contributed by atoms with Crippen molar-refractivity contribution in [1.29, 1.82) is 0 Å². The van der Waals surface area contributed by atoms with Crippen LogP contribution in [0.25, 0.3) is 0 Å². The van der Waals surface area contributed by atoms with Crippen LogP contribution in [0.15, 0.2) is 12.1 Å². The quantitative estimate of drug-likeness (QED) is 0.788.